The first-order valence-electron chi connectivity index (χ1n) is 8.94. The summed E-state index contributed by atoms with van der Waals surface area (Å²) in [5.41, 5.74) is 2.78. The second-order valence-corrected chi connectivity index (χ2v) is 7.51. The third-order valence-corrected chi connectivity index (χ3v) is 5.39. The number of aromatic nitrogens is 1. The fourth-order valence-corrected chi connectivity index (χ4v) is 3.89. The van der Waals surface area contributed by atoms with Gasteiger partial charge in [-0.2, -0.15) is 0 Å². The molecular formula is C21H19N3O3S. The van der Waals surface area contributed by atoms with E-state index in [2.05, 4.69) is 10.3 Å². The first-order valence-corrected chi connectivity index (χ1v) is 9.75. The lowest BCUT2D eigenvalue weighted by Crippen LogP contribution is -2.29. The molecule has 28 heavy (non-hydrogen) atoms. The van der Waals surface area contributed by atoms with Crippen LogP contribution in [0.2, 0.25) is 0 Å². The van der Waals surface area contributed by atoms with Gasteiger partial charge >= 0.3 is 0 Å². The van der Waals surface area contributed by atoms with Crippen molar-refractivity contribution in [3.8, 4) is 5.75 Å². The van der Waals surface area contributed by atoms with Crippen molar-refractivity contribution in [3.63, 3.8) is 0 Å². The number of aryl methyl sites for hydroxylation is 1. The molecule has 1 aromatic heterocycles. The molecule has 0 unspecified atom stereocenters. The van der Waals surface area contributed by atoms with Gasteiger partial charge in [-0.05, 0) is 42.8 Å². The van der Waals surface area contributed by atoms with Gasteiger partial charge in [-0.3, -0.25) is 19.1 Å². The Morgan fingerprint density at radius 1 is 1.21 bits per heavy atom. The predicted octanol–water partition coefficient (Wildman–Crippen LogP) is 1.70. The molecule has 1 amide bonds. The molecule has 0 saturated carbocycles. The van der Waals surface area contributed by atoms with E-state index in [0.29, 0.717) is 23.4 Å². The molecule has 1 aliphatic heterocycles. The molecule has 0 atom stereocenters. The standard InChI is InChI=1S/C21H19N3O3S/c1-14-2-6-16(7-3-14)23-19(25)13-27-17-8-4-15(5-9-17)12-18-20(26)24-11-10-22-21(24)28-18/h2-9,12H,10-11,13H2,1H3,(H,23,25). The van der Waals surface area contributed by atoms with Crippen LogP contribution < -0.4 is 24.9 Å². The molecule has 0 saturated heterocycles. The van der Waals surface area contributed by atoms with Crippen LogP contribution in [0.25, 0.3) is 6.08 Å². The van der Waals surface area contributed by atoms with Crippen LogP contribution in [0.5, 0.6) is 5.75 Å². The highest BCUT2D eigenvalue weighted by Gasteiger charge is 2.09. The molecule has 1 aliphatic rings. The number of carbonyl (C=O) groups excluding carboxylic acids is 1. The number of fused-ring (bicyclic) bond motifs is 1. The van der Waals surface area contributed by atoms with Crippen molar-refractivity contribution < 1.29 is 9.53 Å². The topological polar surface area (TPSA) is 72.7 Å². The highest BCUT2D eigenvalue weighted by Crippen LogP contribution is 2.13. The number of rotatable bonds is 5. The van der Waals surface area contributed by atoms with Crippen LogP contribution in [0.1, 0.15) is 11.1 Å². The van der Waals surface area contributed by atoms with E-state index in [4.69, 9.17) is 4.74 Å². The van der Waals surface area contributed by atoms with Crippen molar-refractivity contribution in [2.24, 2.45) is 4.99 Å². The van der Waals surface area contributed by atoms with Gasteiger partial charge in [0.05, 0.1) is 11.1 Å². The molecule has 142 valence electrons. The molecule has 3 aromatic rings. The third-order valence-electron chi connectivity index (χ3n) is 4.34. The first-order chi connectivity index (χ1) is 13.6. The normalized spacial score (nSPS) is 13.1. The summed E-state index contributed by atoms with van der Waals surface area (Å²) in [6, 6.07) is 14.9. The van der Waals surface area contributed by atoms with Gasteiger partial charge in [0.2, 0.25) is 0 Å². The second-order valence-electron chi connectivity index (χ2n) is 6.50. The van der Waals surface area contributed by atoms with Crippen LogP contribution in [-0.2, 0) is 11.3 Å². The zero-order chi connectivity index (χ0) is 19.5. The van der Waals surface area contributed by atoms with Crippen LogP contribution in [0.3, 0.4) is 0 Å². The molecule has 4 rings (SSSR count). The van der Waals surface area contributed by atoms with Crippen LogP contribution in [0.15, 0.2) is 58.3 Å². The van der Waals surface area contributed by atoms with Crippen LogP contribution in [-0.4, -0.2) is 23.6 Å². The lowest BCUT2D eigenvalue weighted by atomic mass is 10.2. The number of hydrogen-bond donors (Lipinski definition) is 1. The summed E-state index contributed by atoms with van der Waals surface area (Å²) in [4.78, 5) is 29.4. The lowest BCUT2D eigenvalue weighted by molar-refractivity contribution is -0.118. The van der Waals surface area contributed by atoms with Crippen molar-refractivity contribution in [3.05, 3.63) is 79.3 Å². The number of ether oxygens (including phenoxy) is 1. The maximum absolute atomic E-state index is 12.3. The van der Waals surface area contributed by atoms with Crippen molar-refractivity contribution in [2.45, 2.75) is 13.5 Å². The van der Waals surface area contributed by atoms with Crippen molar-refractivity contribution in [1.82, 2.24) is 4.57 Å². The molecule has 1 N–H and O–H groups in total. The van der Waals surface area contributed by atoms with Crippen molar-refractivity contribution in [2.75, 3.05) is 18.5 Å². The summed E-state index contributed by atoms with van der Waals surface area (Å²) in [5, 5.41) is 2.79. The summed E-state index contributed by atoms with van der Waals surface area (Å²) in [6.07, 6.45) is 1.85. The van der Waals surface area contributed by atoms with E-state index in [1.54, 1.807) is 16.7 Å². The molecular weight excluding hydrogens is 374 g/mol. The maximum atomic E-state index is 12.3. The molecule has 0 bridgehead atoms. The van der Waals surface area contributed by atoms with Gasteiger partial charge in [-0.1, -0.05) is 41.2 Å². The molecule has 6 nitrogen and oxygen atoms in total. The summed E-state index contributed by atoms with van der Waals surface area (Å²) in [5.74, 6) is 0.376. The number of thiazole rings is 1. The average molecular weight is 393 g/mol. The molecule has 2 heterocycles. The SMILES string of the molecule is Cc1ccc(NC(=O)COc2ccc(C=c3sc4n(c3=O)CCN=4)cc2)cc1. The summed E-state index contributed by atoms with van der Waals surface area (Å²) in [7, 11) is 0. The van der Waals surface area contributed by atoms with Crippen LogP contribution in [0.4, 0.5) is 5.69 Å². The van der Waals surface area contributed by atoms with E-state index < -0.39 is 0 Å². The van der Waals surface area contributed by atoms with Crippen LogP contribution in [0, 0.1) is 6.92 Å². The van der Waals surface area contributed by atoms with Crippen molar-refractivity contribution >= 4 is 29.0 Å². The first kappa shape index (κ1) is 18.2. The quantitative estimate of drug-likeness (QED) is 0.717. The molecule has 0 fully saturated rings. The number of benzene rings is 2. The Balaban J connectivity index is 1.38. The largest absolute Gasteiger partial charge is 0.484 e. The summed E-state index contributed by atoms with van der Waals surface area (Å²) < 4.78 is 7.92. The minimum Gasteiger partial charge on any atom is -0.484 e. The van der Waals surface area contributed by atoms with Gasteiger partial charge in [0.25, 0.3) is 11.5 Å². The summed E-state index contributed by atoms with van der Waals surface area (Å²) in [6.45, 7) is 3.27. The smallest absolute Gasteiger partial charge is 0.270 e. The fourth-order valence-electron chi connectivity index (χ4n) is 2.86. The fraction of sp³-hybridized carbons (Fsp3) is 0.190. The highest BCUT2D eigenvalue weighted by molar-refractivity contribution is 7.07. The van der Waals surface area contributed by atoms with Gasteiger partial charge in [-0.25, -0.2) is 0 Å². The Labute approximate surface area is 165 Å². The van der Waals surface area contributed by atoms with Crippen molar-refractivity contribution in [1.29, 1.82) is 0 Å². The van der Waals surface area contributed by atoms with E-state index in [-0.39, 0.29) is 18.1 Å². The lowest BCUT2D eigenvalue weighted by Gasteiger charge is -2.08. The minimum atomic E-state index is -0.218. The number of nitrogens with one attached hydrogen (secondary N) is 1. The van der Waals surface area contributed by atoms with Gasteiger partial charge in [0.15, 0.2) is 11.4 Å². The Morgan fingerprint density at radius 2 is 1.96 bits per heavy atom. The third kappa shape index (κ3) is 4.04. The van der Waals surface area contributed by atoms with E-state index in [9.17, 15) is 9.59 Å². The van der Waals surface area contributed by atoms with E-state index in [0.717, 1.165) is 21.6 Å². The summed E-state index contributed by atoms with van der Waals surface area (Å²) >= 11 is 1.41. The minimum absolute atomic E-state index is 0.00866. The van der Waals surface area contributed by atoms with Crippen LogP contribution >= 0.6 is 11.3 Å². The number of amides is 1. The molecule has 0 spiro atoms. The zero-order valence-electron chi connectivity index (χ0n) is 15.3. The van der Waals surface area contributed by atoms with Gasteiger partial charge in [-0.15, -0.1) is 0 Å². The molecule has 0 aliphatic carbocycles. The Morgan fingerprint density at radius 3 is 2.68 bits per heavy atom. The Bertz CT molecular complexity index is 1180. The van der Waals surface area contributed by atoms with E-state index in [1.165, 1.54) is 11.3 Å². The predicted molar refractivity (Wildman–Crippen MR) is 110 cm³/mol. The molecule has 2 aromatic carbocycles. The average Bonchev–Trinajstić information content (AvgIpc) is 3.26. The highest BCUT2D eigenvalue weighted by atomic mass is 32.1. The number of anilines is 1. The van der Waals surface area contributed by atoms with Gasteiger partial charge in [0, 0.05) is 12.2 Å². The number of nitrogens with zero attached hydrogens (tertiary/aromatic N) is 2. The number of hydrogen-bond acceptors (Lipinski definition) is 5. The molecule has 0 radical (unpaired) electrons. The zero-order valence-corrected chi connectivity index (χ0v) is 16.2. The number of carbonyl (C=O) groups is 1. The van der Waals surface area contributed by atoms with E-state index in [1.807, 2.05) is 49.4 Å². The van der Waals surface area contributed by atoms with Gasteiger partial charge in [0.1, 0.15) is 5.75 Å². The Hall–Kier alpha value is -3.19. The van der Waals surface area contributed by atoms with Gasteiger partial charge < -0.3 is 10.1 Å². The Kier molecular flexibility index (Phi) is 5.08. The monoisotopic (exact) mass is 393 g/mol. The maximum Gasteiger partial charge on any atom is 0.270 e. The molecule has 7 heteroatoms. The second kappa shape index (κ2) is 7.82. The van der Waals surface area contributed by atoms with E-state index >= 15 is 0 Å².